The smallest absolute Gasteiger partial charge is 0.357 e. The molecule has 2 rings (SSSR count). The first kappa shape index (κ1) is 13.2. The van der Waals surface area contributed by atoms with Crippen molar-refractivity contribution in [3.8, 4) is 5.40 Å². The molecule has 7 heteroatoms. The van der Waals surface area contributed by atoms with Gasteiger partial charge in [-0.3, -0.25) is 10.1 Å². The number of nitrogens with zero attached hydrogens (tertiary/aromatic N) is 3. The van der Waals surface area contributed by atoms with Crippen LogP contribution in [0.5, 0.6) is 0 Å². The van der Waals surface area contributed by atoms with Crippen molar-refractivity contribution in [1.82, 2.24) is 10.2 Å². The topological polar surface area (TPSA) is 82.2 Å². The first-order chi connectivity index (χ1) is 9.22. The molecule has 0 amide bonds. The van der Waals surface area contributed by atoms with Crippen LogP contribution in [0.25, 0.3) is 0 Å². The van der Waals surface area contributed by atoms with E-state index in [2.05, 4.69) is 5.32 Å². The molecule has 0 unspecified atom stereocenters. The molecule has 6 nitrogen and oxygen atoms in total. The van der Waals surface area contributed by atoms with Gasteiger partial charge in [0.1, 0.15) is 5.40 Å². The molecule has 1 fully saturated rings. The zero-order valence-corrected chi connectivity index (χ0v) is 10.9. The normalized spacial score (nSPS) is 16.7. The van der Waals surface area contributed by atoms with E-state index in [-0.39, 0.29) is 5.03 Å². The van der Waals surface area contributed by atoms with Crippen LogP contribution in [0.1, 0.15) is 5.56 Å². The molecule has 0 aromatic heterocycles. The summed E-state index contributed by atoms with van der Waals surface area (Å²) in [4.78, 5) is 12.4. The Hall–Kier alpha value is -2.20. The fourth-order valence-corrected chi connectivity index (χ4v) is 2.38. The van der Waals surface area contributed by atoms with Crippen LogP contribution in [0.2, 0.25) is 0 Å². The summed E-state index contributed by atoms with van der Waals surface area (Å²) in [5, 5.41) is 24.2. The molecule has 98 valence electrons. The highest BCUT2D eigenvalue weighted by Gasteiger charge is 2.28. The Morgan fingerprint density at radius 2 is 2.26 bits per heavy atom. The van der Waals surface area contributed by atoms with E-state index in [4.69, 9.17) is 5.26 Å². The number of rotatable bonds is 4. The van der Waals surface area contributed by atoms with Gasteiger partial charge < -0.3 is 10.2 Å². The molecule has 0 atom stereocenters. The van der Waals surface area contributed by atoms with E-state index in [0.717, 1.165) is 5.56 Å². The molecule has 1 aromatic rings. The van der Waals surface area contributed by atoms with E-state index in [1.807, 2.05) is 35.2 Å². The van der Waals surface area contributed by atoms with Crippen LogP contribution in [-0.4, -0.2) is 22.9 Å². The lowest BCUT2D eigenvalue weighted by molar-refractivity contribution is -0.412. The molecular weight excluding hydrogens is 264 g/mol. The van der Waals surface area contributed by atoms with Crippen molar-refractivity contribution in [2.24, 2.45) is 0 Å². The van der Waals surface area contributed by atoms with E-state index in [1.54, 1.807) is 5.40 Å². The molecule has 0 spiro atoms. The first-order valence-electron chi connectivity index (χ1n) is 5.69. The van der Waals surface area contributed by atoms with Crippen molar-refractivity contribution in [1.29, 1.82) is 5.26 Å². The third-order valence-electron chi connectivity index (χ3n) is 2.72. The lowest BCUT2D eigenvalue weighted by atomic mass is 10.2. The fraction of sp³-hybridized carbons (Fsp3) is 0.250. The van der Waals surface area contributed by atoms with Gasteiger partial charge in [-0.2, -0.15) is 5.26 Å². The highest BCUT2D eigenvalue weighted by atomic mass is 32.2. The van der Waals surface area contributed by atoms with Gasteiger partial charge in [0.2, 0.25) is 0 Å². The number of nitro groups is 1. The van der Waals surface area contributed by atoms with Crippen molar-refractivity contribution in [2.75, 3.05) is 13.1 Å². The Morgan fingerprint density at radius 1 is 1.53 bits per heavy atom. The van der Waals surface area contributed by atoms with E-state index >= 15 is 0 Å². The monoisotopic (exact) mass is 276 g/mol. The molecule has 1 aromatic carbocycles. The van der Waals surface area contributed by atoms with Gasteiger partial charge in [-0.05, 0) is 5.56 Å². The van der Waals surface area contributed by atoms with Gasteiger partial charge in [-0.25, -0.2) is 0 Å². The zero-order chi connectivity index (χ0) is 13.7. The number of hydrogen-bond acceptors (Lipinski definition) is 6. The summed E-state index contributed by atoms with van der Waals surface area (Å²) in [6.45, 7) is 1.92. The summed E-state index contributed by atoms with van der Waals surface area (Å²) in [5.74, 6) is 0.431. The van der Waals surface area contributed by atoms with Crippen molar-refractivity contribution in [3.05, 3.63) is 56.9 Å². The number of nitrogens with one attached hydrogen (secondary N) is 1. The maximum absolute atomic E-state index is 11.0. The van der Waals surface area contributed by atoms with E-state index in [0.29, 0.717) is 37.2 Å². The van der Waals surface area contributed by atoms with Crippen LogP contribution in [0, 0.1) is 20.8 Å². The van der Waals surface area contributed by atoms with Crippen LogP contribution < -0.4 is 5.32 Å². The van der Waals surface area contributed by atoms with Crippen molar-refractivity contribution >= 4 is 11.8 Å². The lowest BCUT2D eigenvalue weighted by Crippen LogP contribution is -2.22. The van der Waals surface area contributed by atoms with Crippen LogP contribution >= 0.6 is 11.8 Å². The highest BCUT2D eigenvalue weighted by Crippen LogP contribution is 2.24. The minimum absolute atomic E-state index is 0.143. The zero-order valence-electron chi connectivity index (χ0n) is 10.1. The highest BCUT2D eigenvalue weighted by molar-refractivity contribution is 8.07. The van der Waals surface area contributed by atoms with Crippen LogP contribution in [0.15, 0.2) is 41.2 Å². The van der Waals surface area contributed by atoms with Crippen LogP contribution in [0.4, 0.5) is 0 Å². The predicted molar refractivity (Wildman–Crippen MR) is 72.1 cm³/mol. The van der Waals surface area contributed by atoms with Crippen LogP contribution in [0.3, 0.4) is 0 Å². The Morgan fingerprint density at radius 3 is 2.89 bits per heavy atom. The third-order valence-corrected chi connectivity index (χ3v) is 3.34. The number of thioether (sulfide) groups is 1. The second-order valence-electron chi connectivity index (χ2n) is 3.94. The average Bonchev–Trinajstić information content (AvgIpc) is 2.84. The molecule has 1 aliphatic rings. The molecule has 1 N–H and O–H groups in total. The Labute approximate surface area is 114 Å². The minimum Gasteiger partial charge on any atom is -0.364 e. The number of nitriles is 1. The van der Waals surface area contributed by atoms with Gasteiger partial charge in [-0.1, -0.05) is 30.3 Å². The van der Waals surface area contributed by atoms with Gasteiger partial charge in [-0.15, -0.1) is 0 Å². The van der Waals surface area contributed by atoms with Crippen molar-refractivity contribution < 1.29 is 4.92 Å². The summed E-state index contributed by atoms with van der Waals surface area (Å²) < 4.78 is 0. The van der Waals surface area contributed by atoms with Crippen molar-refractivity contribution in [3.63, 3.8) is 0 Å². The molecule has 0 saturated carbocycles. The van der Waals surface area contributed by atoms with Crippen molar-refractivity contribution in [2.45, 2.75) is 6.54 Å². The second-order valence-corrected chi connectivity index (χ2v) is 4.71. The van der Waals surface area contributed by atoms with Gasteiger partial charge >= 0.3 is 5.03 Å². The lowest BCUT2D eigenvalue weighted by Gasteiger charge is -2.18. The summed E-state index contributed by atoms with van der Waals surface area (Å²) >= 11 is 0.578. The molecule has 19 heavy (non-hydrogen) atoms. The summed E-state index contributed by atoms with van der Waals surface area (Å²) in [7, 11) is 0. The summed E-state index contributed by atoms with van der Waals surface area (Å²) in [6.07, 6.45) is 0. The van der Waals surface area contributed by atoms with E-state index < -0.39 is 4.92 Å². The number of thiocyanates is 1. The summed E-state index contributed by atoms with van der Waals surface area (Å²) in [5.41, 5.74) is 1.08. The molecule has 0 aliphatic carbocycles. The first-order valence-corrected chi connectivity index (χ1v) is 6.51. The molecule has 0 radical (unpaired) electrons. The maximum Gasteiger partial charge on any atom is 0.357 e. The Balaban J connectivity index is 2.23. The standard InChI is InChI=1S/C12H12N4O2S/c13-9-19-12(16(17)18)11-14-6-7-15(11)8-10-4-2-1-3-5-10/h1-5,14H,6-8H2/b12-11+. The fourth-order valence-electron chi connectivity index (χ4n) is 1.92. The van der Waals surface area contributed by atoms with Gasteiger partial charge in [0, 0.05) is 19.6 Å². The predicted octanol–water partition coefficient (Wildman–Crippen LogP) is 1.71. The maximum atomic E-state index is 11.0. The second kappa shape index (κ2) is 6.11. The van der Waals surface area contributed by atoms with E-state index in [9.17, 15) is 10.1 Å². The quantitative estimate of drug-likeness (QED) is 0.512. The molecular formula is C12H12N4O2S. The molecule has 1 saturated heterocycles. The Kier molecular flexibility index (Phi) is 4.26. The van der Waals surface area contributed by atoms with Crippen LogP contribution in [-0.2, 0) is 6.54 Å². The molecule has 0 bridgehead atoms. The average molecular weight is 276 g/mol. The third kappa shape index (κ3) is 3.17. The van der Waals surface area contributed by atoms with Gasteiger partial charge in [0.15, 0.2) is 5.82 Å². The molecule has 1 aliphatic heterocycles. The minimum atomic E-state index is -0.514. The summed E-state index contributed by atoms with van der Waals surface area (Å²) in [6, 6.07) is 9.73. The molecule has 1 heterocycles. The number of benzene rings is 1. The van der Waals surface area contributed by atoms with Gasteiger partial charge in [0.05, 0.1) is 16.7 Å². The SMILES string of the molecule is N#CS/C(=C1\NCCN1Cc1ccccc1)[N+](=O)[O-]. The Bertz CT molecular complexity index is 538. The van der Waals surface area contributed by atoms with Gasteiger partial charge in [0.25, 0.3) is 0 Å². The number of hydrogen-bond donors (Lipinski definition) is 1. The largest absolute Gasteiger partial charge is 0.364 e. The van der Waals surface area contributed by atoms with E-state index in [1.165, 1.54) is 0 Å².